The summed E-state index contributed by atoms with van der Waals surface area (Å²) in [5.74, 6) is 1.31. The molecule has 3 fully saturated rings. The molecular weight excluding hydrogens is 396 g/mol. The molecule has 2 atom stereocenters. The van der Waals surface area contributed by atoms with Crippen LogP contribution < -0.4 is 16.8 Å². The minimum atomic E-state index is 0.533. The average Bonchev–Trinajstić information content (AvgIpc) is 3.50. The number of allylic oxidation sites excluding steroid dienone is 2. The molecular formula is C26H44N6. The molecule has 1 spiro atoms. The Balaban J connectivity index is 0.000000437. The van der Waals surface area contributed by atoms with E-state index in [4.69, 9.17) is 11.5 Å². The Hall–Kier alpha value is -1.92. The third-order valence-corrected chi connectivity index (χ3v) is 7.16. The van der Waals surface area contributed by atoms with Crippen molar-refractivity contribution in [2.75, 3.05) is 25.4 Å². The van der Waals surface area contributed by atoms with Crippen molar-refractivity contribution < 1.29 is 0 Å². The standard InChI is InChI=1S/C21H29N5.C3H8.C2H7N/c22-19-18-5-11-26(20(18)25-14-24-19)17-4-3-15(13-17)12-16-2-1-6-21(16)7-9-23-10-8-21;1-3-2;1-2-3/h5,11-12,14-15,17,23H,1-4,6-10,13H2,(H2,22,24,25);3H2,1-2H3;2-3H2,1H3/b16-12+;;. The lowest BCUT2D eigenvalue weighted by Gasteiger charge is -2.36. The van der Waals surface area contributed by atoms with Gasteiger partial charge in [0, 0.05) is 12.2 Å². The predicted octanol–water partition coefficient (Wildman–Crippen LogP) is 5.22. The molecule has 5 N–H and O–H groups in total. The molecule has 2 saturated carbocycles. The van der Waals surface area contributed by atoms with Crippen LogP contribution >= 0.6 is 0 Å². The van der Waals surface area contributed by atoms with E-state index >= 15 is 0 Å². The Labute approximate surface area is 194 Å². The van der Waals surface area contributed by atoms with Crippen LogP contribution in [-0.4, -0.2) is 34.2 Å². The van der Waals surface area contributed by atoms with Gasteiger partial charge in [-0.3, -0.25) is 0 Å². The predicted molar refractivity (Wildman–Crippen MR) is 135 cm³/mol. The molecule has 0 aromatic carbocycles. The summed E-state index contributed by atoms with van der Waals surface area (Å²) in [6.07, 6.45) is 18.2. The van der Waals surface area contributed by atoms with Crippen molar-refractivity contribution in [1.82, 2.24) is 19.9 Å². The molecule has 2 aromatic heterocycles. The van der Waals surface area contributed by atoms with Gasteiger partial charge < -0.3 is 21.4 Å². The van der Waals surface area contributed by atoms with Crippen LogP contribution in [0.4, 0.5) is 5.82 Å². The topological polar surface area (TPSA) is 94.8 Å². The normalized spacial score (nSPS) is 25.4. The fraction of sp³-hybridized carbons (Fsp3) is 0.692. The largest absolute Gasteiger partial charge is 0.383 e. The second-order valence-corrected chi connectivity index (χ2v) is 9.64. The maximum absolute atomic E-state index is 6.00. The first-order valence-corrected chi connectivity index (χ1v) is 12.8. The second kappa shape index (κ2) is 11.8. The van der Waals surface area contributed by atoms with E-state index in [-0.39, 0.29) is 0 Å². The summed E-state index contributed by atoms with van der Waals surface area (Å²) in [7, 11) is 0. The molecule has 0 amide bonds. The fourth-order valence-corrected chi connectivity index (χ4v) is 5.74. The van der Waals surface area contributed by atoms with Gasteiger partial charge in [0.1, 0.15) is 17.8 Å². The minimum Gasteiger partial charge on any atom is -0.383 e. The lowest BCUT2D eigenvalue weighted by Crippen LogP contribution is -2.36. The van der Waals surface area contributed by atoms with E-state index in [9.17, 15) is 0 Å². The maximum Gasteiger partial charge on any atom is 0.145 e. The van der Waals surface area contributed by atoms with Gasteiger partial charge in [0.05, 0.1) is 5.39 Å². The van der Waals surface area contributed by atoms with Gasteiger partial charge in [0.25, 0.3) is 0 Å². The molecule has 2 aromatic rings. The Morgan fingerprint density at radius 3 is 2.59 bits per heavy atom. The molecule has 32 heavy (non-hydrogen) atoms. The third-order valence-electron chi connectivity index (χ3n) is 7.16. The zero-order valence-electron chi connectivity index (χ0n) is 20.4. The van der Waals surface area contributed by atoms with Crippen molar-refractivity contribution in [3.63, 3.8) is 0 Å². The maximum atomic E-state index is 6.00. The van der Waals surface area contributed by atoms with Crippen LogP contribution in [0.1, 0.15) is 84.6 Å². The number of piperidine rings is 1. The van der Waals surface area contributed by atoms with E-state index in [0.717, 1.165) is 23.5 Å². The van der Waals surface area contributed by atoms with Crippen molar-refractivity contribution in [3.05, 3.63) is 30.2 Å². The summed E-state index contributed by atoms with van der Waals surface area (Å²) in [5, 5.41) is 4.53. The number of nitrogen functional groups attached to an aromatic ring is 1. The molecule has 3 heterocycles. The van der Waals surface area contributed by atoms with Crippen molar-refractivity contribution in [3.8, 4) is 0 Å². The Morgan fingerprint density at radius 1 is 1.16 bits per heavy atom. The summed E-state index contributed by atoms with van der Waals surface area (Å²) < 4.78 is 2.33. The number of hydrogen-bond donors (Lipinski definition) is 3. The molecule has 6 heteroatoms. The first-order chi connectivity index (χ1) is 15.6. The zero-order valence-corrected chi connectivity index (χ0v) is 20.4. The first kappa shape index (κ1) is 24.7. The van der Waals surface area contributed by atoms with Gasteiger partial charge in [-0.25, -0.2) is 9.97 Å². The quantitative estimate of drug-likeness (QED) is 0.557. The molecule has 0 bridgehead atoms. The average molecular weight is 441 g/mol. The van der Waals surface area contributed by atoms with Gasteiger partial charge in [-0.1, -0.05) is 38.8 Å². The van der Waals surface area contributed by atoms with E-state index in [1.165, 1.54) is 70.9 Å². The van der Waals surface area contributed by atoms with Gasteiger partial charge in [0.2, 0.25) is 0 Å². The van der Waals surface area contributed by atoms with Crippen LogP contribution in [0.2, 0.25) is 0 Å². The number of aromatic nitrogens is 3. The molecule has 3 aliphatic rings. The minimum absolute atomic E-state index is 0.533. The number of rotatable bonds is 2. The Bertz CT molecular complexity index is 862. The van der Waals surface area contributed by atoms with Gasteiger partial charge in [-0.2, -0.15) is 0 Å². The van der Waals surface area contributed by atoms with Crippen molar-refractivity contribution in [2.24, 2.45) is 17.1 Å². The summed E-state index contributed by atoms with van der Waals surface area (Å²) in [5.41, 5.74) is 14.2. The molecule has 2 unspecified atom stereocenters. The van der Waals surface area contributed by atoms with Crippen LogP contribution in [-0.2, 0) is 0 Å². The number of nitrogens with zero attached hydrogens (tertiary/aromatic N) is 3. The molecule has 1 aliphatic heterocycles. The second-order valence-electron chi connectivity index (χ2n) is 9.64. The molecule has 178 valence electrons. The van der Waals surface area contributed by atoms with Gasteiger partial charge >= 0.3 is 0 Å². The molecule has 2 aliphatic carbocycles. The monoisotopic (exact) mass is 440 g/mol. The van der Waals surface area contributed by atoms with Crippen molar-refractivity contribution in [2.45, 2.75) is 84.6 Å². The molecule has 6 nitrogen and oxygen atoms in total. The van der Waals surface area contributed by atoms with Crippen LogP contribution in [0.15, 0.2) is 30.2 Å². The number of fused-ring (bicyclic) bond motifs is 1. The highest BCUT2D eigenvalue weighted by Gasteiger charge is 2.39. The molecule has 5 rings (SSSR count). The highest BCUT2D eigenvalue weighted by Crippen LogP contribution is 2.50. The fourth-order valence-electron chi connectivity index (χ4n) is 5.74. The van der Waals surface area contributed by atoms with E-state index in [2.05, 4.69) is 52.0 Å². The summed E-state index contributed by atoms with van der Waals surface area (Å²) >= 11 is 0. The summed E-state index contributed by atoms with van der Waals surface area (Å²) in [6.45, 7) is 9.29. The van der Waals surface area contributed by atoms with Gasteiger partial charge in [0.15, 0.2) is 0 Å². The highest BCUT2D eigenvalue weighted by molar-refractivity contribution is 5.86. The summed E-state index contributed by atoms with van der Waals surface area (Å²) in [6, 6.07) is 2.60. The molecule has 0 radical (unpaired) electrons. The number of nitrogens with two attached hydrogens (primary N) is 2. The van der Waals surface area contributed by atoms with Crippen LogP contribution in [0, 0.1) is 11.3 Å². The third kappa shape index (κ3) is 5.52. The van der Waals surface area contributed by atoms with Crippen molar-refractivity contribution >= 4 is 16.9 Å². The van der Waals surface area contributed by atoms with Crippen LogP contribution in [0.3, 0.4) is 0 Å². The van der Waals surface area contributed by atoms with Crippen LogP contribution in [0.5, 0.6) is 0 Å². The van der Waals surface area contributed by atoms with Gasteiger partial charge in [-0.05, 0) is 88.4 Å². The SMILES string of the molecule is CCC.CCN.Nc1ncnc2c1ccn2C1CCC(/C=C2\CCCC23CCNCC3)C1. The van der Waals surface area contributed by atoms with Gasteiger partial charge in [-0.15, -0.1) is 0 Å². The Morgan fingerprint density at radius 2 is 1.88 bits per heavy atom. The number of anilines is 1. The van der Waals surface area contributed by atoms with E-state index in [1.54, 1.807) is 11.9 Å². The zero-order chi connectivity index (χ0) is 23.0. The lowest BCUT2D eigenvalue weighted by atomic mass is 9.73. The Kier molecular flexibility index (Phi) is 9.11. The summed E-state index contributed by atoms with van der Waals surface area (Å²) in [4.78, 5) is 8.61. The number of hydrogen-bond acceptors (Lipinski definition) is 5. The van der Waals surface area contributed by atoms with Crippen molar-refractivity contribution in [1.29, 1.82) is 0 Å². The van der Waals surface area contributed by atoms with Crippen LogP contribution in [0.25, 0.3) is 11.0 Å². The van der Waals surface area contributed by atoms with E-state index in [0.29, 0.717) is 17.3 Å². The lowest BCUT2D eigenvalue weighted by molar-refractivity contribution is 0.259. The first-order valence-electron chi connectivity index (χ1n) is 12.8. The van der Waals surface area contributed by atoms with E-state index in [1.807, 2.05) is 6.92 Å². The van der Waals surface area contributed by atoms with E-state index < -0.39 is 0 Å². The molecule has 1 saturated heterocycles. The smallest absolute Gasteiger partial charge is 0.145 e. The highest BCUT2D eigenvalue weighted by atomic mass is 15.1. The number of nitrogens with one attached hydrogen (secondary N) is 1.